The van der Waals surface area contributed by atoms with Gasteiger partial charge in [-0.25, -0.2) is 9.97 Å². The Morgan fingerprint density at radius 2 is 2.10 bits per heavy atom. The largest absolute Gasteiger partial charge is 0.368 e. The molecular weight excluding hydrogens is 264 g/mol. The van der Waals surface area contributed by atoms with Gasteiger partial charge in [-0.15, -0.1) is 0 Å². The zero-order chi connectivity index (χ0) is 14.4. The highest BCUT2D eigenvalue weighted by molar-refractivity contribution is 5.63. The van der Waals surface area contributed by atoms with Crippen molar-refractivity contribution in [3.63, 3.8) is 0 Å². The summed E-state index contributed by atoms with van der Waals surface area (Å²) in [5.74, 6) is 1.31. The van der Waals surface area contributed by atoms with E-state index in [0.717, 1.165) is 17.9 Å². The van der Waals surface area contributed by atoms with Crippen LogP contribution in [0.2, 0.25) is 0 Å². The molecule has 1 unspecified atom stereocenters. The minimum absolute atomic E-state index is 0.317. The molecule has 110 valence electrons. The van der Waals surface area contributed by atoms with Crippen LogP contribution in [0.25, 0.3) is 5.69 Å². The topological polar surface area (TPSA) is 72.9 Å². The fraction of sp³-hybridized carbons (Fsp3) is 0.533. The summed E-state index contributed by atoms with van der Waals surface area (Å²) in [5.41, 5.74) is 8.07. The second-order valence-corrected chi connectivity index (χ2v) is 5.90. The van der Waals surface area contributed by atoms with Crippen molar-refractivity contribution in [2.45, 2.75) is 51.1 Å². The van der Waals surface area contributed by atoms with Crippen molar-refractivity contribution in [1.82, 2.24) is 19.5 Å². The maximum absolute atomic E-state index is 5.85. The maximum atomic E-state index is 5.85. The monoisotopic (exact) mass is 284 g/mol. The van der Waals surface area contributed by atoms with Gasteiger partial charge in [-0.3, -0.25) is 4.57 Å². The predicted molar refractivity (Wildman–Crippen MR) is 81.3 cm³/mol. The first-order chi connectivity index (χ1) is 10.3. The van der Waals surface area contributed by atoms with E-state index >= 15 is 0 Å². The minimum atomic E-state index is 0.317. The van der Waals surface area contributed by atoms with E-state index in [0.29, 0.717) is 18.0 Å². The van der Waals surface area contributed by atoms with Crippen molar-refractivity contribution in [2.24, 2.45) is 0 Å². The number of fused-ring (bicyclic) bond motifs is 3. The van der Waals surface area contributed by atoms with E-state index in [1.165, 1.54) is 31.4 Å². The van der Waals surface area contributed by atoms with Gasteiger partial charge in [0, 0.05) is 6.04 Å². The molecule has 2 aliphatic rings. The van der Waals surface area contributed by atoms with E-state index in [2.05, 4.69) is 31.3 Å². The van der Waals surface area contributed by atoms with Crippen LogP contribution in [-0.4, -0.2) is 25.6 Å². The lowest BCUT2D eigenvalue weighted by Crippen LogP contribution is -2.41. The summed E-state index contributed by atoms with van der Waals surface area (Å²) in [6.45, 7) is 2.22. The Morgan fingerprint density at radius 3 is 2.86 bits per heavy atom. The third-order valence-electron chi connectivity index (χ3n) is 4.72. The van der Waals surface area contributed by atoms with Crippen LogP contribution in [0, 0.1) is 0 Å². The molecule has 4 rings (SSSR count). The van der Waals surface area contributed by atoms with E-state index < -0.39 is 0 Å². The molecule has 0 bridgehead atoms. The second kappa shape index (κ2) is 4.72. The summed E-state index contributed by atoms with van der Waals surface area (Å²) in [5, 5.41) is 0. The van der Waals surface area contributed by atoms with Gasteiger partial charge in [0.15, 0.2) is 5.82 Å². The van der Waals surface area contributed by atoms with Crippen LogP contribution in [0.1, 0.15) is 50.8 Å². The van der Waals surface area contributed by atoms with E-state index in [1.54, 1.807) is 0 Å². The summed E-state index contributed by atoms with van der Waals surface area (Å²) < 4.78 is 2.11. The average Bonchev–Trinajstić information content (AvgIpc) is 3.16. The Bertz CT molecular complexity index is 658. The first-order valence-electron chi connectivity index (χ1n) is 7.73. The molecule has 0 spiro atoms. The Balaban J connectivity index is 1.91. The highest BCUT2D eigenvalue weighted by Crippen LogP contribution is 2.43. The molecule has 6 nitrogen and oxygen atoms in total. The number of rotatable bonds is 2. The number of nitrogens with zero attached hydrogens (tertiary/aromatic N) is 5. The van der Waals surface area contributed by atoms with Gasteiger partial charge < -0.3 is 10.6 Å². The summed E-state index contributed by atoms with van der Waals surface area (Å²) in [6.07, 6.45) is 11.7. The van der Waals surface area contributed by atoms with Crippen LogP contribution in [0.4, 0.5) is 11.8 Å². The molecule has 1 saturated carbocycles. The predicted octanol–water partition coefficient (Wildman–Crippen LogP) is 2.46. The molecule has 1 aliphatic carbocycles. The summed E-state index contributed by atoms with van der Waals surface area (Å²) >= 11 is 0. The molecule has 3 heterocycles. The third kappa shape index (κ3) is 1.81. The van der Waals surface area contributed by atoms with E-state index in [1.807, 2.05) is 18.7 Å². The maximum Gasteiger partial charge on any atom is 0.222 e. The second-order valence-electron chi connectivity index (χ2n) is 5.90. The lowest BCUT2D eigenvalue weighted by molar-refractivity contribution is 0.479. The number of imidazole rings is 1. The van der Waals surface area contributed by atoms with Crippen LogP contribution >= 0.6 is 0 Å². The lowest BCUT2D eigenvalue weighted by atomic mass is 10.0. The molecule has 2 aromatic rings. The number of aromatic nitrogens is 4. The van der Waals surface area contributed by atoms with Gasteiger partial charge in [0.05, 0.1) is 30.5 Å². The van der Waals surface area contributed by atoms with Gasteiger partial charge in [0.25, 0.3) is 0 Å². The molecule has 0 amide bonds. The van der Waals surface area contributed by atoms with Crippen LogP contribution in [0.15, 0.2) is 18.7 Å². The van der Waals surface area contributed by atoms with Crippen molar-refractivity contribution in [2.75, 3.05) is 10.6 Å². The summed E-state index contributed by atoms with van der Waals surface area (Å²) in [4.78, 5) is 15.5. The van der Waals surface area contributed by atoms with Gasteiger partial charge in [-0.05, 0) is 19.3 Å². The molecule has 1 fully saturated rings. The molecule has 2 N–H and O–H groups in total. The number of hydrogen-bond donors (Lipinski definition) is 1. The smallest absolute Gasteiger partial charge is 0.222 e. The standard InChI is InChI=1S/C15H20N6/c1-2-11-12-7-17-9-20(12)13-8-18-15(16)19-14(13)21(11)10-5-3-4-6-10/h7-11H,2-6H2,1H3,(H2,16,18,19). The van der Waals surface area contributed by atoms with E-state index in [4.69, 9.17) is 5.73 Å². The number of anilines is 2. The Morgan fingerprint density at radius 1 is 1.29 bits per heavy atom. The van der Waals surface area contributed by atoms with Gasteiger partial charge in [-0.1, -0.05) is 19.8 Å². The van der Waals surface area contributed by atoms with Crippen LogP contribution in [-0.2, 0) is 0 Å². The average molecular weight is 284 g/mol. The molecular formula is C15H20N6. The lowest BCUT2D eigenvalue weighted by Gasteiger charge is -2.41. The van der Waals surface area contributed by atoms with E-state index in [9.17, 15) is 0 Å². The zero-order valence-electron chi connectivity index (χ0n) is 12.2. The molecule has 1 atom stereocenters. The molecule has 0 radical (unpaired) electrons. The quantitative estimate of drug-likeness (QED) is 0.917. The fourth-order valence-corrected chi connectivity index (χ4v) is 3.80. The normalized spacial score (nSPS) is 21.4. The third-order valence-corrected chi connectivity index (χ3v) is 4.72. The number of hydrogen-bond acceptors (Lipinski definition) is 5. The fourth-order valence-electron chi connectivity index (χ4n) is 3.80. The minimum Gasteiger partial charge on any atom is -0.368 e. The molecule has 0 aromatic carbocycles. The van der Waals surface area contributed by atoms with Gasteiger partial charge in [-0.2, -0.15) is 4.98 Å². The first-order valence-corrected chi connectivity index (χ1v) is 7.73. The molecule has 21 heavy (non-hydrogen) atoms. The van der Waals surface area contributed by atoms with Crippen LogP contribution < -0.4 is 10.6 Å². The Kier molecular flexibility index (Phi) is 2.83. The van der Waals surface area contributed by atoms with Crippen molar-refractivity contribution in [3.8, 4) is 5.69 Å². The number of nitrogen functional groups attached to an aromatic ring is 1. The van der Waals surface area contributed by atoms with Crippen molar-refractivity contribution >= 4 is 11.8 Å². The first kappa shape index (κ1) is 12.6. The van der Waals surface area contributed by atoms with E-state index in [-0.39, 0.29) is 0 Å². The van der Waals surface area contributed by atoms with Crippen LogP contribution in [0.5, 0.6) is 0 Å². The van der Waals surface area contributed by atoms with Gasteiger partial charge in [0.2, 0.25) is 5.95 Å². The van der Waals surface area contributed by atoms with Crippen molar-refractivity contribution < 1.29 is 0 Å². The highest BCUT2D eigenvalue weighted by atomic mass is 15.3. The zero-order valence-corrected chi connectivity index (χ0v) is 12.2. The van der Waals surface area contributed by atoms with Crippen molar-refractivity contribution in [1.29, 1.82) is 0 Å². The number of nitrogens with two attached hydrogens (primary N) is 1. The molecule has 0 saturated heterocycles. The van der Waals surface area contributed by atoms with Crippen LogP contribution in [0.3, 0.4) is 0 Å². The Labute approximate surface area is 124 Å². The van der Waals surface area contributed by atoms with Gasteiger partial charge >= 0.3 is 0 Å². The SMILES string of the molecule is CCC1c2cncn2-c2cnc(N)nc2N1C1CCCC1. The Hall–Kier alpha value is -2.11. The molecule has 6 heteroatoms. The van der Waals surface area contributed by atoms with Crippen molar-refractivity contribution in [3.05, 3.63) is 24.4 Å². The van der Waals surface area contributed by atoms with Gasteiger partial charge in [0.1, 0.15) is 5.69 Å². The summed E-state index contributed by atoms with van der Waals surface area (Å²) in [7, 11) is 0. The molecule has 1 aliphatic heterocycles. The highest BCUT2D eigenvalue weighted by Gasteiger charge is 2.37. The summed E-state index contributed by atoms with van der Waals surface area (Å²) in [6, 6.07) is 0.865. The molecule has 2 aromatic heterocycles.